The van der Waals surface area contributed by atoms with Gasteiger partial charge in [0.05, 0.1) is 11.9 Å². The second-order valence-electron chi connectivity index (χ2n) is 4.09. The Morgan fingerprint density at radius 2 is 1.82 bits per heavy atom. The summed E-state index contributed by atoms with van der Waals surface area (Å²) in [6, 6.07) is 9.88. The Morgan fingerprint density at radius 3 is 2.47 bits per heavy atom. The average molecular weight is 229 g/mol. The normalized spacial score (nSPS) is 14.6. The number of fused-ring (bicyclic) bond motifs is 1. The van der Waals surface area contributed by atoms with Crippen molar-refractivity contribution in [2.75, 3.05) is 5.43 Å². The van der Waals surface area contributed by atoms with Crippen LogP contribution in [0, 0.1) is 5.82 Å². The van der Waals surface area contributed by atoms with Crippen LogP contribution in [0.5, 0.6) is 0 Å². The molecule has 1 aliphatic heterocycles. The van der Waals surface area contributed by atoms with Crippen LogP contribution in [0.15, 0.2) is 42.7 Å². The number of hydrazine groups is 1. The molecule has 0 spiro atoms. The van der Waals surface area contributed by atoms with Crippen molar-refractivity contribution in [1.82, 2.24) is 9.99 Å². The van der Waals surface area contributed by atoms with Crippen molar-refractivity contribution in [3.05, 3.63) is 59.7 Å². The summed E-state index contributed by atoms with van der Waals surface area (Å²) in [6.07, 6.45) is 2.79. The Labute approximate surface area is 98.9 Å². The summed E-state index contributed by atoms with van der Waals surface area (Å²) in [7, 11) is 0. The van der Waals surface area contributed by atoms with Crippen LogP contribution in [-0.4, -0.2) is 9.99 Å². The van der Waals surface area contributed by atoms with Crippen molar-refractivity contribution in [2.45, 2.75) is 13.1 Å². The molecule has 1 aromatic carbocycles. The van der Waals surface area contributed by atoms with E-state index in [1.165, 1.54) is 17.3 Å². The first kappa shape index (κ1) is 10.2. The predicted octanol–water partition coefficient (Wildman–Crippen LogP) is 2.56. The highest BCUT2D eigenvalue weighted by atomic mass is 19.1. The Morgan fingerprint density at radius 1 is 1.12 bits per heavy atom. The SMILES string of the molecule is Fc1cnccc1NN1Cc2ccccc2C1. The molecule has 3 rings (SSSR count). The molecule has 86 valence electrons. The van der Waals surface area contributed by atoms with Crippen molar-refractivity contribution in [3.63, 3.8) is 0 Å². The molecular weight excluding hydrogens is 217 g/mol. The first-order valence-corrected chi connectivity index (χ1v) is 5.51. The molecule has 0 saturated heterocycles. The molecule has 0 unspecified atom stereocenters. The van der Waals surface area contributed by atoms with E-state index < -0.39 is 0 Å². The lowest BCUT2D eigenvalue weighted by atomic mass is 10.1. The van der Waals surface area contributed by atoms with Crippen LogP contribution in [0.2, 0.25) is 0 Å². The predicted molar refractivity (Wildman–Crippen MR) is 63.5 cm³/mol. The van der Waals surface area contributed by atoms with Crippen LogP contribution in [0.25, 0.3) is 0 Å². The van der Waals surface area contributed by atoms with Gasteiger partial charge in [0, 0.05) is 19.3 Å². The third kappa shape index (κ3) is 1.99. The van der Waals surface area contributed by atoms with E-state index in [0.717, 1.165) is 13.1 Å². The van der Waals surface area contributed by atoms with Crippen molar-refractivity contribution in [2.24, 2.45) is 0 Å². The maximum Gasteiger partial charge on any atom is 0.165 e. The summed E-state index contributed by atoms with van der Waals surface area (Å²) >= 11 is 0. The van der Waals surface area contributed by atoms with Gasteiger partial charge in [-0.2, -0.15) is 0 Å². The number of rotatable bonds is 2. The third-order valence-electron chi connectivity index (χ3n) is 2.89. The van der Waals surface area contributed by atoms with E-state index in [1.807, 2.05) is 17.1 Å². The van der Waals surface area contributed by atoms with E-state index >= 15 is 0 Å². The number of halogens is 1. The number of pyridine rings is 1. The van der Waals surface area contributed by atoms with E-state index in [-0.39, 0.29) is 5.82 Å². The fourth-order valence-electron chi connectivity index (χ4n) is 2.05. The molecule has 0 amide bonds. The lowest BCUT2D eigenvalue weighted by Crippen LogP contribution is -2.24. The average Bonchev–Trinajstić information content (AvgIpc) is 2.74. The Balaban J connectivity index is 1.76. The highest BCUT2D eigenvalue weighted by molar-refractivity contribution is 5.42. The van der Waals surface area contributed by atoms with Gasteiger partial charge in [-0.05, 0) is 17.2 Å². The summed E-state index contributed by atoms with van der Waals surface area (Å²) in [5.41, 5.74) is 6.11. The van der Waals surface area contributed by atoms with Crippen LogP contribution in [-0.2, 0) is 13.1 Å². The zero-order chi connectivity index (χ0) is 11.7. The molecule has 0 radical (unpaired) electrons. The number of hydrogen-bond acceptors (Lipinski definition) is 3. The fraction of sp³-hybridized carbons (Fsp3) is 0.154. The highest BCUT2D eigenvalue weighted by Crippen LogP contribution is 2.23. The standard InChI is InChI=1S/C13H12FN3/c14-12-7-15-6-5-13(12)16-17-8-10-3-1-2-4-11(10)9-17/h1-7H,8-9H2,(H,15,16). The monoisotopic (exact) mass is 229 g/mol. The number of hydrogen-bond donors (Lipinski definition) is 1. The van der Waals surface area contributed by atoms with Crippen LogP contribution in [0.4, 0.5) is 10.1 Å². The summed E-state index contributed by atoms with van der Waals surface area (Å²) in [6.45, 7) is 1.58. The Bertz CT molecular complexity index is 517. The number of nitrogens with zero attached hydrogens (tertiary/aromatic N) is 2. The molecule has 1 aromatic heterocycles. The molecular formula is C13H12FN3. The molecule has 0 atom stereocenters. The van der Waals surface area contributed by atoms with Gasteiger partial charge in [-0.15, -0.1) is 0 Å². The van der Waals surface area contributed by atoms with Gasteiger partial charge in [0.2, 0.25) is 0 Å². The van der Waals surface area contributed by atoms with Gasteiger partial charge in [0.25, 0.3) is 0 Å². The zero-order valence-electron chi connectivity index (χ0n) is 9.23. The lowest BCUT2D eigenvalue weighted by molar-refractivity contribution is 0.344. The van der Waals surface area contributed by atoms with Crippen molar-refractivity contribution >= 4 is 5.69 Å². The molecule has 1 aliphatic rings. The summed E-state index contributed by atoms with van der Waals surface area (Å²) in [4.78, 5) is 3.73. The lowest BCUT2D eigenvalue weighted by Gasteiger charge is -2.17. The Hall–Kier alpha value is -1.94. The molecule has 4 heteroatoms. The molecule has 0 fully saturated rings. The van der Waals surface area contributed by atoms with Gasteiger partial charge in [-0.3, -0.25) is 4.98 Å². The Kier molecular flexibility index (Phi) is 2.49. The minimum atomic E-state index is -0.330. The smallest absolute Gasteiger partial charge is 0.165 e. The number of nitrogens with one attached hydrogen (secondary N) is 1. The summed E-state index contributed by atoms with van der Waals surface area (Å²) in [5, 5.41) is 1.99. The first-order chi connectivity index (χ1) is 8.33. The van der Waals surface area contributed by atoms with Gasteiger partial charge < -0.3 is 5.43 Å². The third-order valence-corrected chi connectivity index (χ3v) is 2.89. The zero-order valence-corrected chi connectivity index (χ0v) is 9.23. The second-order valence-corrected chi connectivity index (χ2v) is 4.09. The van der Waals surface area contributed by atoms with Crippen LogP contribution < -0.4 is 5.43 Å². The minimum Gasteiger partial charge on any atom is -0.315 e. The van der Waals surface area contributed by atoms with E-state index in [9.17, 15) is 4.39 Å². The number of benzene rings is 1. The van der Waals surface area contributed by atoms with Gasteiger partial charge in [0.15, 0.2) is 5.82 Å². The van der Waals surface area contributed by atoms with Crippen molar-refractivity contribution in [3.8, 4) is 0 Å². The molecule has 2 aromatic rings. The summed E-state index contributed by atoms with van der Waals surface area (Å²) < 4.78 is 13.4. The largest absolute Gasteiger partial charge is 0.315 e. The van der Waals surface area contributed by atoms with Gasteiger partial charge in [-0.1, -0.05) is 24.3 Å². The van der Waals surface area contributed by atoms with Crippen LogP contribution in [0.1, 0.15) is 11.1 Å². The minimum absolute atomic E-state index is 0.330. The van der Waals surface area contributed by atoms with E-state index in [2.05, 4.69) is 22.5 Å². The molecule has 0 bridgehead atoms. The molecule has 0 saturated carbocycles. The van der Waals surface area contributed by atoms with Gasteiger partial charge >= 0.3 is 0 Å². The molecule has 2 heterocycles. The highest BCUT2D eigenvalue weighted by Gasteiger charge is 2.18. The molecule has 3 nitrogen and oxygen atoms in total. The topological polar surface area (TPSA) is 28.2 Å². The number of anilines is 1. The van der Waals surface area contributed by atoms with Crippen molar-refractivity contribution < 1.29 is 4.39 Å². The van der Waals surface area contributed by atoms with Gasteiger partial charge in [0.1, 0.15) is 0 Å². The fourth-order valence-corrected chi connectivity index (χ4v) is 2.05. The van der Waals surface area contributed by atoms with Crippen LogP contribution in [0.3, 0.4) is 0 Å². The molecule has 17 heavy (non-hydrogen) atoms. The number of aromatic nitrogens is 1. The van der Waals surface area contributed by atoms with Gasteiger partial charge in [-0.25, -0.2) is 9.40 Å². The van der Waals surface area contributed by atoms with E-state index in [4.69, 9.17) is 0 Å². The maximum atomic E-state index is 13.4. The van der Waals surface area contributed by atoms with Crippen LogP contribution >= 0.6 is 0 Å². The quantitative estimate of drug-likeness (QED) is 0.857. The van der Waals surface area contributed by atoms with E-state index in [1.54, 1.807) is 12.3 Å². The molecule has 1 N–H and O–H groups in total. The van der Waals surface area contributed by atoms with Crippen molar-refractivity contribution in [1.29, 1.82) is 0 Å². The van der Waals surface area contributed by atoms with E-state index in [0.29, 0.717) is 5.69 Å². The second kappa shape index (κ2) is 4.14. The summed E-state index contributed by atoms with van der Waals surface area (Å²) in [5.74, 6) is -0.330. The maximum absolute atomic E-state index is 13.4. The first-order valence-electron chi connectivity index (χ1n) is 5.51. The molecule has 0 aliphatic carbocycles.